The minimum Gasteiger partial charge on any atom is -0.380 e. The molecule has 3 N–H and O–H groups in total. The van der Waals surface area contributed by atoms with Gasteiger partial charge in [-0.3, -0.25) is 0 Å². The van der Waals surface area contributed by atoms with E-state index in [0.717, 1.165) is 13.0 Å². The molecule has 0 amide bonds. The first-order valence-corrected chi connectivity index (χ1v) is 8.30. The number of imidazole rings is 1. The van der Waals surface area contributed by atoms with Gasteiger partial charge in [0.15, 0.2) is 5.03 Å². The van der Waals surface area contributed by atoms with E-state index in [1.165, 1.54) is 0 Å². The molecule has 116 valence electrons. The van der Waals surface area contributed by atoms with Crippen molar-refractivity contribution in [3.8, 4) is 0 Å². The molecule has 0 atom stereocenters. The topological polar surface area (TPSA) is 99.2 Å². The maximum Gasteiger partial charge on any atom is 0.259 e. The highest BCUT2D eigenvalue weighted by molar-refractivity contribution is 7.89. The maximum atomic E-state index is 12.0. The molecule has 1 aromatic heterocycles. The second-order valence-corrected chi connectivity index (χ2v) is 6.19. The number of sulfonamides is 1. The number of aromatic nitrogens is 2. The first-order valence-electron chi connectivity index (χ1n) is 6.82. The molecule has 0 aromatic carbocycles. The summed E-state index contributed by atoms with van der Waals surface area (Å²) in [6.07, 6.45) is 3.11. The van der Waals surface area contributed by atoms with Crippen LogP contribution in [0.5, 0.6) is 0 Å². The third-order valence-electron chi connectivity index (χ3n) is 2.71. The van der Waals surface area contributed by atoms with E-state index < -0.39 is 10.0 Å². The van der Waals surface area contributed by atoms with Crippen molar-refractivity contribution >= 4 is 10.0 Å². The van der Waals surface area contributed by atoms with Gasteiger partial charge in [-0.25, -0.2) is 18.1 Å². The van der Waals surface area contributed by atoms with E-state index in [0.29, 0.717) is 38.5 Å². The zero-order chi connectivity index (χ0) is 15.0. The molecule has 0 saturated heterocycles. The third-order valence-corrected chi connectivity index (χ3v) is 4.05. The van der Waals surface area contributed by atoms with E-state index in [4.69, 9.17) is 10.5 Å². The number of hydrogen-bond acceptors (Lipinski definition) is 5. The van der Waals surface area contributed by atoms with Crippen LogP contribution in [0.1, 0.15) is 25.6 Å². The van der Waals surface area contributed by atoms with Crippen molar-refractivity contribution in [2.24, 2.45) is 5.73 Å². The zero-order valence-corrected chi connectivity index (χ0v) is 12.9. The van der Waals surface area contributed by atoms with Crippen LogP contribution in [-0.4, -0.2) is 44.3 Å². The Morgan fingerprint density at radius 1 is 1.45 bits per heavy atom. The Hall–Kier alpha value is -0.960. The van der Waals surface area contributed by atoms with Crippen molar-refractivity contribution in [3.05, 3.63) is 12.0 Å². The van der Waals surface area contributed by atoms with Crippen LogP contribution in [0, 0.1) is 6.92 Å². The fourth-order valence-corrected chi connectivity index (χ4v) is 2.80. The van der Waals surface area contributed by atoms with Gasteiger partial charge in [-0.15, -0.1) is 0 Å². The molecular weight excluding hydrogens is 280 g/mol. The molecule has 0 unspecified atom stereocenters. The molecular formula is C12H24N4O3S. The highest BCUT2D eigenvalue weighted by Gasteiger charge is 2.18. The van der Waals surface area contributed by atoms with Gasteiger partial charge in [-0.1, -0.05) is 6.92 Å². The molecule has 0 aliphatic rings. The molecule has 0 fully saturated rings. The van der Waals surface area contributed by atoms with Crippen molar-refractivity contribution in [1.82, 2.24) is 14.3 Å². The van der Waals surface area contributed by atoms with E-state index in [9.17, 15) is 8.42 Å². The number of nitrogens with zero attached hydrogens (tertiary/aromatic N) is 2. The maximum absolute atomic E-state index is 12.0. The molecule has 8 heteroatoms. The van der Waals surface area contributed by atoms with Crippen molar-refractivity contribution in [2.75, 3.05) is 26.3 Å². The summed E-state index contributed by atoms with van der Waals surface area (Å²) >= 11 is 0. The molecule has 0 spiro atoms. The Bertz CT molecular complexity index is 499. The van der Waals surface area contributed by atoms with Crippen LogP contribution in [0.3, 0.4) is 0 Å². The Kier molecular flexibility index (Phi) is 7.14. The predicted octanol–water partition coefficient (Wildman–Crippen LogP) is 0.245. The fourth-order valence-electron chi connectivity index (χ4n) is 1.72. The van der Waals surface area contributed by atoms with Crippen molar-refractivity contribution in [1.29, 1.82) is 0 Å². The van der Waals surface area contributed by atoms with Gasteiger partial charge in [0.05, 0.1) is 6.61 Å². The van der Waals surface area contributed by atoms with E-state index >= 15 is 0 Å². The van der Waals surface area contributed by atoms with Gasteiger partial charge in [-0.2, -0.15) is 0 Å². The molecule has 7 nitrogen and oxygen atoms in total. The summed E-state index contributed by atoms with van der Waals surface area (Å²) in [5, 5.41) is 0.0753. The monoisotopic (exact) mass is 304 g/mol. The van der Waals surface area contributed by atoms with E-state index in [-0.39, 0.29) is 5.03 Å². The Morgan fingerprint density at radius 3 is 2.85 bits per heavy atom. The fraction of sp³-hybridized carbons (Fsp3) is 0.750. The van der Waals surface area contributed by atoms with Gasteiger partial charge < -0.3 is 15.0 Å². The summed E-state index contributed by atoms with van der Waals surface area (Å²) in [6.45, 7) is 6.38. The van der Waals surface area contributed by atoms with Gasteiger partial charge in [-0.05, 0) is 19.8 Å². The van der Waals surface area contributed by atoms with Gasteiger partial charge in [0.25, 0.3) is 10.0 Å². The van der Waals surface area contributed by atoms with E-state index in [2.05, 4.69) is 9.71 Å². The van der Waals surface area contributed by atoms with Gasteiger partial charge in [0, 0.05) is 32.4 Å². The van der Waals surface area contributed by atoms with E-state index in [1.54, 1.807) is 13.1 Å². The highest BCUT2D eigenvalue weighted by atomic mass is 32.2. The lowest BCUT2D eigenvalue weighted by Crippen LogP contribution is -2.26. The van der Waals surface area contributed by atoms with Crippen LogP contribution in [0.25, 0.3) is 0 Å². The third kappa shape index (κ3) is 5.20. The normalized spacial score (nSPS) is 11.9. The average molecular weight is 304 g/mol. The summed E-state index contributed by atoms with van der Waals surface area (Å²) in [5.41, 5.74) is 5.28. The highest BCUT2D eigenvalue weighted by Crippen LogP contribution is 2.09. The first-order chi connectivity index (χ1) is 9.51. The minimum atomic E-state index is -3.54. The number of nitrogens with one attached hydrogen (secondary N) is 1. The second-order valence-electron chi connectivity index (χ2n) is 4.47. The number of rotatable bonds is 10. The molecule has 0 aliphatic heterocycles. The number of nitrogens with two attached hydrogens (primary N) is 1. The van der Waals surface area contributed by atoms with Crippen LogP contribution in [0.2, 0.25) is 0 Å². The van der Waals surface area contributed by atoms with Crippen LogP contribution in [0.4, 0.5) is 0 Å². The Balaban J connectivity index is 2.49. The molecule has 0 radical (unpaired) electrons. The van der Waals surface area contributed by atoms with Crippen molar-refractivity contribution in [3.63, 3.8) is 0 Å². The SMILES string of the molecule is CCCn1cc(S(=O)(=O)NCCCOCCN)nc1C. The molecule has 20 heavy (non-hydrogen) atoms. The Labute approximate surface area is 120 Å². The lowest BCUT2D eigenvalue weighted by molar-refractivity contribution is 0.140. The lowest BCUT2D eigenvalue weighted by atomic mass is 10.5. The minimum absolute atomic E-state index is 0.0753. The van der Waals surface area contributed by atoms with Gasteiger partial charge >= 0.3 is 0 Å². The summed E-state index contributed by atoms with van der Waals surface area (Å²) in [7, 11) is -3.54. The van der Waals surface area contributed by atoms with Gasteiger partial charge in [0.1, 0.15) is 5.82 Å². The number of hydrogen-bond donors (Lipinski definition) is 2. The summed E-state index contributed by atoms with van der Waals surface area (Å²) in [5.74, 6) is 0.707. The van der Waals surface area contributed by atoms with Gasteiger partial charge in [0.2, 0.25) is 0 Å². The first kappa shape index (κ1) is 17.1. The average Bonchev–Trinajstić information content (AvgIpc) is 2.77. The van der Waals surface area contributed by atoms with Crippen LogP contribution >= 0.6 is 0 Å². The smallest absolute Gasteiger partial charge is 0.259 e. The molecule has 1 heterocycles. The largest absolute Gasteiger partial charge is 0.380 e. The number of aryl methyl sites for hydroxylation is 2. The van der Waals surface area contributed by atoms with Crippen molar-refractivity contribution < 1.29 is 13.2 Å². The second kappa shape index (κ2) is 8.35. The van der Waals surface area contributed by atoms with Crippen LogP contribution < -0.4 is 10.5 Å². The summed E-state index contributed by atoms with van der Waals surface area (Å²) < 4.78 is 33.6. The molecule has 0 saturated carbocycles. The zero-order valence-electron chi connectivity index (χ0n) is 12.1. The lowest BCUT2D eigenvalue weighted by Gasteiger charge is -2.04. The quantitative estimate of drug-likeness (QED) is 0.603. The van der Waals surface area contributed by atoms with Crippen LogP contribution in [-0.2, 0) is 21.3 Å². The predicted molar refractivity (Wildman–Crippen MR) is 76.9 cm³/mol. The van der Waals surface area contributed by atoms with E-state index in [1.807, 2.05) is 11.5 Å². The number of ether oxygens (including phenoxy) is 1. The molecule has 1 aromatic rings. The molecule has 0 bridgehead atoms. The molecule has 1 rings (SSSR count). The summed E-state index contributed by atoms with van der Waals surface area (Å²) in [4.78, 5) is 4.09. The van der Waals surface area contributed by atoms with Crippen molar-refractivity contribution in [2.45, 2.75) is 38.3 Å². The standard InChI is InChI=1S/C12H24N4O3S/c1-3-7-16-10-12(15-11(16)2)20(17,18)14-6-4-8-19-9-5-13/h10,14H,3-9,13H2,1-2H3. The van der Waals surface area contributed by atoms with Crippen LogP contribution in [0.15, 0.2) is 11.2 Å². The molecule has 0 aliphatic carbocycles. The summed E-state index contributed by atoms with van der Waals surface area (Å²) in [6, 6.07) is 0. The Morgan fingerprint density at radius 2 is 2.20 bits per heavy atom.